The van der Waals surface area contributed by atoms with Crippen molar-refractivity contribution in [1.82, 2.24) is 0 Å². The molecule has 0 N–H and O–H groups in total. The van der Waals surface area contributed by atoms with E-state index in [1.807, 2.05) is 48.2 Å². The molecule has 2 bridgehead atoms. The van der Waals surface area contributed by atoms with E-state index in [1.165, 1.54) is 0 Å². The summed E-state index contributed by atoms with van der Waals surface area (Å²) in [7, 11) is 0. The molecule has 1 aromatic heterocycles. The van der Waals surface area contributed by atoms with Gasteiger partial charge in [-0.15, -0.1) is 0 Å². The van der Waals surface area contributed by atoms with Gasteiger partial charge in [0.15, 0.2) is 0 Å². The van der Waals surface area contributed by atoms with Crippen molar-refractivity contribution in [3.63, 3.8) is 0 Å². The van der Waals surface area contributed by atoms with Gasteiger partial charge < -0.3 is 9.32 Å². The summed E-state index contributed by atoms with van der Waals surface area (Å²) in [6.45, 7) is 2.46. The first-order valence-corrected chi connectivity index (χ1v) is 9.56. The molecule has 4 rings (SSSR count). The van der Waals surface area contributed by atoms with Crippen molar-refractivity contribution in [2.24, 2.45) is 17.8 Å². The lowest BCUT2D eigenvalue weighted by Crippen LogP contribution is -2.44. The highest BCUT2D eigenvalue weighted by Gasteiger charge is 2.42. The van der Waals surface area contributed by atoms with Crippen LogP contribution in [0.15, 0.2) is 47.1 Å². The van der Waals surface area contributed by atoms with Crippen LogP contribution in [-0.4, -0.2) is 11.7 Å². The standard InChI is InChI=1S/C22H25NO3/c1-15-7-9-19(10-8-15)23(14-20-6-3-11-26-20)22(25)18-12-16-4-2-5-17(13-18)21(16)24/h3,6-11,16-18H,2,4-5,12-14H2,1H3/t16-,17+,18?. The monoisotopic (exact) mass is 351 g/mol. The lowest BCUT2D eigenvalue weighted by Gasteiger charge is -2.38. The number of nitrogens with zero attached hydrogens (tertiary/aromatic N) is 1. The van der Waals surface area contributed by atoms with Crippen molar-refractivity contribution in [3.8, 4) is 0 Å². The molecule has 1 amide bonds. The second kappa shape index (κ2) is 7.10. The summed E-state index contributed by atoms with van der Waals surface area (Å²) in [5.41, 5.74) is 2.05. The Labute approximate surface area is 154 Å². The number of benzene rings is 1. The fraction of sp³-hybridized carbons (Fsp3) is 0.455. The number of hydrogen-bond donors (Lipinski definition) is 0. The normalized spacial score (nSPS) is 25.1. The van der Waals surface area contributed by atoms with Crippen LogP contribution in [0.1, 0.15) is 43.4 Å². The van der Waals surface area contributed by atoms with E-state index in [-0.39, 0.29) is 23.7 Å². The number of ketones is 1. The highest BCUT2D eigenvalue weighted by molar-refractivity contribution is 5.97. The van der Waals surface area contributed by atoms with Gasteiger partial charge in [0, 0.05) is 23.4 Å². The van der Waals surface area contributed by atoms with Gasteiger partial charge >= 0.3 is 0 Å². The van der Waals surface area contributed by atoms with Crippen LogP contribution in [0.5, 0.6) is 0 Å². The van der Waals surface area contributed by atoms with Crippen LogP contribution >= 0.6 is 0 Å². The molecule has 2 aliphatic carbocycles. The summed E-state index contributed by atoms with van der Waals surface area (Å²) in [5, 5.41) is 0. The molecule has 1 heterocycles. The van der Waals surface area contributed by atoms with Gasteiger partial charge in [-0.3, -0.25) is 9.59 Å². The molecule has 4 nitrogen and oxygen atoms in total. The summed E-state index contributed by atoms with van der Waals surface area (Å²) >= 11 is 0. The third-order valence-electron chi connectivity index (χ3n) is 5.90. The Balaban J connectivity index is 1.59. The number of amides is 1. The Morgan fingerprint density at radius 1 is 1.12 bits per heavy atom. The van der Waals surface area contributed by atoms with Crippen LogP contribution in [0.4, 0.5) is 5.69 Å². The van der Waals surface area contributed by atoms with Crippen LogP contribution in [0.3, 0.4) is 0 Å². The van der Waals surface area contributed by atoms with Gasteiger partial charge in [-0.05, 0) is 56.9 Å². The molecular formula is C22H25NO3. The molecule has 1 aromatic carbocycles. The number of carbonyl (C=O) groups excluding carboxylic acids is 2. The van der Waals surface area contributed by atoms with Crippen molar-refractivity contribution in [3.05, 3.63) is 54.0 Å². The summed E-state index contributed by atoms with van der Waals surface area (Å²) in [5.74, 6) is 1.38. The van der Waals surface area contributed by atoms with Crippen molar-refractivity contribution in [2.75, 3.05) is 4.90 Å². The highest BCUT2D eigenvalue weighted by atomic mass is 16.3. The summed E-state index contributed by atoms with van der Waals surface area (Å²) in [6.07, 6.45) is 6.06. The van der Waals surface area contributed by atoms with E-state index in [1.54, 1.807) is 6.26 Å². The van der Waals surface area contributed by atoms with Crippen molar-refractivity contribution in [1.29, 1.82) is 0 Å². The number of anilines is 1. The largest absolute Gasteiger partial charge is 0.467 e. The lowest BCUT2D eigenvalue weighted by molar-refractivity contribution is -0.136. The first-order chi connectivity index (χ1) is 12.6. The third-order valence-corrected chi connectivity index (χ3v) is 5.90. The molecule has 0 aliphatic heterocycles. The lowest BCUT2D eigenvalue weighted by atomic mass is 9.67. The summed E-state index contributed by atoms with van der Waals surface area (Å²) in [4.78, 5) is 27.6. The predicted molar refractivity (Wildman–Crippen MR) is 99.6 cm³/mol. The van der Waals surface area contributed by atoms with E-state index in [2.05, 4.69) is 0 Å². The van der Waals surface area contributed by atoms with Crippen molar-refractivity contribution < 1.29 is 14.0 Å². The van der Waals surface area contributed by atoms with Crippen molar-refractivity contribution in [2.45, 2.75) is 45.6 Å². The molecule has 2 fully saturated rings. The van der Waals surface area contributed by atoms with Crippen LogP contribution in [-0.2, 0) is 16.1 Å². The molecule has 3 atom stereocenters. The third kappa shape index (κ3) is 3.33. The van der Waals surface area contributed by atoms with Gasteiger partial charge in [-0.1, -0.05) is 24.1 Å². The quantitative estimate of drug-likeness (QED) is 0.814. The number of carbonyl (C=O) groups is 2. The molecule has 136 valence electrons. The molecular weight excluding hydrogens is 326 g/mol. The fourth-order valence-corrected chi connectivity index (χ4v) is 4.48. The molecule has 2 aliphatic rings. The van der Waals surface area contributed by atoms with Gasteiger partial charge in [0.05, 0.1) is 12.8 Å². The summed E-state index contributed by atoms with van der Waals surface area (Å²) < 4.78 is 5.49. The second-order valence-corrected chi connectivity index (χ2v) is 7.73. The smallest absolute Gasteiger partial charge is 0.230 e. The van der Waals surface area contributed by atoms with E-state index in [0.717, 1.165) is 36.3 Å². The number of furan rings is 1. The van der Waals surface area contributed by atoms with Crippen LogP contribution in [0, 0.1) is 24.7 Å². The first kappa shape index (κ1) is 17.1. The zero-order valence-electron chi connectivity index (χ0n) is 15.2. The molecule has 2 saturated carbocycles. The van der Waals surface area contributed by atoms with Gasteiger partial charge in [-0.2, -0.15) is 0 Å². The number of hydrogen-bond acceptors (Lipinski definition) is 3. The molecule has 0 saturated heterocycles. The second-order valence-electron chi connectivity index (χ2n) is 7.73. The van der Waals surface area contributed by atoms with Crippen LogP contribution in [0.2, 0.25) is 0 Å². The average molecular weight is 351 g/mol. The maximum atomic E-state index is 13.4. The SMILES string of the molecule is Cc1ccc(N(Cc2ccco2)C(=O)C2C[C@H]3CCC[C@@H](C2)C3=O)cc1. The fourth-order valence-electron chi connectivity index (χ4n) is 4.48. The summed E-state index contributed by atoms with van der Waals surface area (Å²) in [6, 6.07) is 11.8. The maximum absolute atomic E-state index is 13.4. The van der Waals surface area contributed by atoms with E-state index in [0.29, 0.717) is 25.2 Å². The van der Waals surface area contributed by atoms with E-state index >= 15 is 0 Å². The number of rotatable bonds is 4. The Morgan fingerprint density at radius 2 is 1.81 bits per heavy atom. The molecule has 26 heavy (non-hydrogen) atoms. The molecule has 0 spiro atoms. The van der Waals surface area contributed by atoms with Crippen molar-refractivity contribution >= 4 is 17.4 Å². The van der Waals surface area contributed by atoms with Gasteiger partial charge in [-0.25, -0.2) is 0 Å². The Morgan fingerprint density at radius 3 is 2.42 bits per heavy atom. The molecule has 0 radical (unpaired) electrons. The maximum Gasteiger partial charge on any atom is 0.230 e. The van der Waals surface area contributed by atoms with Crippen LogP contribution in [0.25, 0.3) is 0 Å². The number of fused-ring (bicyclic) bond motifs is 2. The van der Waals surface area contributed by atoms with Crippen LogP contribution < -0.4 is 4.90 Å². The Kier molecular flexibility index (Phi) is 4.66. The molecule has 4 heteroatoms. The van der Waals surface area contributed by atoms with E-state index in [4.69, 9.17) is 4.42 Å². The molecule has 2 aromatic rings. The highest BCUT2D eigenvalue weighted by Crippen LogP contribution is 2.41. The zero-order chi connectivity index (χ0) is 18.1. The number of Topliss-reactive ketones (excluding diaryl/α,β-unsaturated/α-hetero) is 1. The zero-order valence-corrected chi connectivity index (χ0v) is 15.2. The Bertz CT molecular complexity index is 762. The minimum Gasteiger partial charge on any atom is -0.467 e. The number of aryl methyl sites for hydroxylation is 1. The van der Waals surface area contributed by atoms with Gasteiger partial charge in [0.2, 0.25) is 5.91 Å². The average Bonchev–Trinajstić information content (AvgIpc) is 3.13. The minimum atomic E-state index is -0.0701. The molecule has 1 unspecified atom stereocenters. The Hall–Kier alpha value is -2.36. The van der Waals surface area contributed by atoms with Gasteiger partial charge in [0.25, 0.3) is 0 Å². The van der Waals surface area contributed by atoms with E-state index in [9.17, 15) is 9.59 Å². The first-order valence-electron chi connectivity index (χ1n) is 9.56. The topological polar surface area (TPSA) is 50.5 Å². The minimum absolute atomic E-state index is 0.0701. The predicted octanol–water partition coefficient (Wildman–Crippen LogP) is 4.52. The van der Waals surface area contributed by atoms with E-state index < -0.39 is 0 Å². The van der Waals surface area contributed by atoms with Gasteiger partial charge in [0.1, 0.15) is 11.5 Å².